The zero-order valence-electron chi connectivity index (χ0n) is 11.7. The highest BCUT2D eigenvalue weighted by Gasteiger charge is 2.42. The maximum Gasteiger partial charge on any atom is 0.124 e. The molecule has 1 nitrogen and oxygen atoms in total. The molecule has 0 bridgehead atoms. The summed E-state index contributed by atoms with van der Waals surface area (Å²) in [5.74, 6) is -0.171. The Morgan fingerprint density at radius 1 is 1.05 bits per heavy atom. The predicted molar refractivity (Wildman–Crippen MR) is 83.8 cm³/mol. The van der Waals surface area contributed by atoms with Crippen molar-refractivity contribution in [3.63, 3.8) is 0 Å². The van der Waals surface area contributed by atoms with Gasteiger partial charge in [-0.05, 0) is 67.3 Å². The van der Waals surface area contributed by atoms with Crippen molar-refractivity contribution < 1.29 is 4.39 Å². The standard InChI is InChI=1S/C17H18FN.ClH/c1-12-8-14(11-16(18)9-12)13-4-3-5-15(10-13)17(19-2)6-7-17;/h3-5,8-11,19H,6-7H2,1-2H3;1H. The first kappa shape index (κ1) is 15.0. The second-order valence-corrected chi connectivity index (χ2v) is 5.43. The minimum atomic E-state index is -0.171. The van der Waals surface area contributed by atoms with Gasteiger partial charge in [0.1, 0.15) is 5.82 Å². The van der Waals surface area contributed by atoms with E-state index < -0.39 is 0 Å². The first-order chi connectivity index (χ1) is 9.13. The Labute approximate surface area is 125 Å². The average molecular weight is 292 g/mol. The molecule has 0 aromatic heterocycles. The summed E-state index contributed by atoms with van der Waals surface area (Å²) in [6.45, 7) is 1.92. The molecule has 1 aliphatic rings. The van der Waals surface area contributed by atoms with E-state index in [0.29, 0.717) is 0 Å². The van der Waals surface area contributed by atoms with Gasteiger partial charge in [-0.25, -0.2) is 4.39 Å². The molecule has 2 aromatic rings. The van der Waals surface area contributed by atoms with Gasteiger partial charge < -0.3 is 5.32 Å². The molecule has 0 amide bonds. The zero-order chi connectivity index (χ0) is 13.5. The Kier molecular flexibility index (Phi) is 4.17. The van der Waals surface area contributed by atoms with Gasteiger partial charge in [0, 0.05) is 5.54 Å². The zero-order valence-corrected chi connectivity index (χ0v) is 12.6. The van der Waals surface area contributed by atoms with Crippen LogP contribution in [0.5, 0.6) is 0 Å². The maximum atomic E-state index is 13.5. The van der Waals surface area contributed by atoms with Crippen LogP contribution in [0.1, 0.15) is 24.0 Å². The Bertz CT molecular complexity index is 600. The van der Waals surface area contributed by atoms with Gasteiger partial charge in [0.2, 0.25) is 0 Å². The number of aryl methyl sites for hydroxylation is 1. The summed E-state index contributed by atoms with van der Waals surface area (Å²) in [6.07, 6.45) is 2.35. The quantitative estimate of drug-likeness (QED) is 0.882. The van der Waals surface area contributed by atoms with Crippen LogP contribution in [0.15, 0.2) is 42.5 Å². The maximum absolute atomic E-state index is 13.5. The SMILES string of the molecule is CNC1(c2cccc(-c3cc(C)cc(F)c3)c2)CC1.Cl. The van der Waals surface area contributed by atoms with E-state index in [1.165, 1.54) is 18.4 Å². The summed E-state index contributed by atoms with van der Waals surface area (Å²) >= 11 is 0. The van der Waals surface area contributed by atoms with Crippen LogP contribution >= 0.6 is 12.4 Å². The van der Waals surface area contributed by atoms with Crippen molar-refractivity contribution in [3.8, 4) is 11.1 Å². The van der Waals surface area contributed by atoms with Crippen molar-refractivity contribution in [3.05, 3.63) is 59.4 Å². The minimum Gasteiger partial charge on any atom is -0.310 e. The molecule has 0 spiro atoms. The van der Waals surface area contributed by atoms with Crippen LogP contribution in [-0.4, -0.2) is 7.05 Å². The van der Waals surface area contributed by atoms with Gasteiger partial charge in [-0.15, -0.1) is 12.4 Å². The lowest BCUT2D eigenvalue weighted by atomic mass is 9.97. The molecule has 0 heterocycles. The summed E-state index contributed by atoms with van der Waals surface area (Å²) in [4.78, 5) is 0. The molecule has 0 aliphatic heterocycles. The van der Waals surface area contributed by atoms with E-state index in [9.17, 15) is 4.39 Å². The van der Waals surface area contributed by atoms with Gasteiger partial charge in [-0.1, -0.05) is 24.3 Å². The van der Waals surface area contributed by atoms with E-state index in [0.717, 1.165) is 16.7 Å². The third-order valence-electron chi connectivity index (χ3n) is 4.02. The molecule has 2 aromatic carbocycles. The lowest BCUT2D eigenvalue weighted by Crippen LogP contribution is -2.24. The van der Waals surface area contributed by atoms with Gasteiger partial charge in [0.05, 0.1) is 0 Å². The summed E-state index contributed by atoms with van der Waals surface area (Å²) in [6, 6.07) is 13.6. The molecule has 1 saturated carbocycles. The highest BCUT2D eigenvalue weighted by atomic mass is 35.5. The van der Waals surface area contributed by atoms with Crippen molar-refractivity contribution in [1.29, 1.82) is 0 Å². The molecule has 1 N–H and O–H groups in total. The lowest BCUT2D eigenvalue weighted by Gasteiger charge is -2.16. The van der Waals surface area contributed by atoms with Crippen LogP contribution < -0.4 is 5.32 Å². The Morgan fingerprint density at radius 3 is 2.40 bits per heavy atom. The highest BCUT2D eigenvalue weighted by Crippen LogP contribution is 2.45. The normalized spacial score (nSPS) is 15.6. The molecular formula is C17H19ClFN. The molecule has 3 heteroatoms. The van der Waals surface area contributed by atoms with Gasteiger partial charge in [-0.2, -0.15) is 0 Å². The van der Waals surface area contributed by atoms with Crippen LogP contribution in [0.4, 0.5) is 4.39 Å². The number of halogens is 2. The molecular weight excluding hydrogens is 273 g/mol. The average Bonchev–Trinajstić information content (AvgIpc) is 3.19. The number of benzene rings is 2. The molecule has 0 unspecified atom stereocenters. The molecule has 20 heavy (non-hydrogen) atoms. The van der Waals surface area contributed by atoms with E-state index in [-0.39, 0.29) is 23.8 Å². The summed E-state index contributed by atoms with van der Waals surface area (Å²) in [5.41, 5.74) is 4.44. The van der Waals surface area contributed by atoms with Crippen LogP contribution in [0.3, 0.4) is 0 Å². The molecule has 0 saturated heterocycles. The Balaban J connectivity index is 0.00000147. The number of nitrogens with one attached hydrogen (secondary N) is 1. The molecule has 1 fully saturated rings. The van der Waals surface area contributed by atoms with Gasteiger partial charge in [0.15, 0.2) is 0 Å². The topological polar surface area (TPSA) is 12.0 Å². The molecule has 1 aliphatic carbocycles. The number of hydrogen-bond acceptors (Lipinski definition) is 1. The molecule has 0 atom stereocenters. The van der Waals surface area contributed by atoms with E-state index in [1.54, 1.807) is 12.1 Å². The first-order valence-electron chi connectivity index (χ1n) is 6.70. The molecule has 0 radical (unpaired) electrons. The van der Waals surface area contributed by atoms with Gasteiger partial charge >= 0.3 is 0 Å². The minimum absolute atomic E-state index is 0. The Morgan fingerprint density at radius 2 is 1.80 bits per heavy atom. The summed E-state index contributed by atoms with van der Waals surface area (Å²) in [5, 5.41) is 3.40. The van der Waals surface area contributed by atoms with Crippen LogP contribution in [-0.2, 0) is 5.54 Å². The fourth-order valence-corrected chi connectivity index (χ4v) is 2.71. The van der Waals surface area contributed by atoms with E-state index in [2.05, 4.69) is 23.5 Å². The van der Waals surface area contributed by atoms with Crippen molar-refractivity contribution in [1.82, 2.24) is 5.32 Å². The van der Waals surface area contributed by atoms with Crippen LogP contribution in [0.25, 0.3) is 11.1 Å². The smallest absolute Gasteiger partial charge is 0.124 e. The van der Waals surface area contributed by atoms with Gasteiger partial charge in [0.25, 0.3) is 0 Å². The third kappa shape index (κ3) is 2.72. The second-order valence-electron chi connectivity index (χ2n) is 5.43. The monoisotopic (exact) mass is 291 g/mol. The van der Waals surface area contributed by atoms with Crippen molar-refractivity contribution in [2.24, 2.45) is 0 Å². The van der Waals surface area contributed by atoms with Crippen LogP contribution in [0.2, 0.25) is 0 Å². The van der Waals surface area contributed by atoms with Crippen molar-refractivity contribution >= 4 is 12.4 Å². The fourth-order valence-electron chi connectivity index (χ4n) is 2.71. The first-order valence-corrected chi connectivity index (χ1v) is 6.70. The van der Waals surface area contributed by atoms with E-state index >= 15 is 0 Å². The van der Waals surface area contributed by atoms with E-state index in [4.69, 9.17) is 0 Å². The Hall–Kier alpha value is -1.38. The largest absolute Gasteiger partial charge is 0.310 e. The summed E-state index contributed by atoms with van der Waals surface area (Å²) < 4.78 is 13.5. The third-order valence-corrected chi connectivity index (χ3v) is 4.02. The van der Waals surface area contributed by atoms with Crippen LogP contribution in [0, 0.1) is 12.7 Å². The number of hydrogen-bond donors (Lipinski definition) is 1. The highest BCUT2D eigenvalue weighted by molar-refractivity contribution is 5.85. The van der Waals surface area contributed by atoms with Crippen molar-refractivity contribution in [2.45, 2.75) is 25.3 Å². The number of rotatable bonds is 3. The van der Waals surface area contributed by atoms with Crippen molar-refractivity contribution in [2.75, 3.05) is 7.05 Å². The molecule has 3 rings (SSSR count). The predicted octanol–water partition coefficient (Wildman–Crippen LogP) is 4.43. The fraction of sp³-hybridized carbons (Fsp3) is 0.294. The van der Waals surface area contributed by atoms with Gasteiger partial charge in [-0.3, -0.25) is 0 Å². The molecule has 106 valence electrons. The second kappa shape index (κ2) is 5.55. The lowest BCUT2D eigenvalue weighted by molar-refractivity contribution is 0.586. The summed E-state index contributed by atoms with van der Waals surface area (Å²) in [7, 11) is 2.01. The van der Waals surface area contributed by atoms with E-state index in [1.807, 2.05) is 26.1 Å².